The number of carbonyl (C=O) groups excluding carboxylic acids is 1. The molecule has 0 spiro atoms. The van der Waals surface area contributed by atoms with Crippen LogP contribution in [0.25, 0.3) is 22.7 Å². The van der Waals surface area contributed by atoms with Gasteiger partial charge in [0.05, 0.1) is 51.1 Å². The molecule has 1 amide bonds. The summed E-state index contributed by atoms with van der Waals surface area (Å²) in [5.74, 6) is 1.90. The van der Waals surface area contributed by atoms with Crippen molar-refractivity contribution < 1.29 is 23.7 Å². The number of methoxy groups -OCH3 is 3. The lowest BCUT2D eigenvalue weighted by molar-refractivity contribution is -0.128. The van der Waals surface area contributed by atoms with Crippen LogP contribution in [0.4, 0.5) is 0 Å². The number of ether oxygens (including phenoxy) is 4. The van der Waals surface area contributed by atoms with Gasteiger partial charge in [-0.1, -0.05) is 12.1 Å². The smallest absolute Gasteiger partial charge is 0.257 e. The van der Waals surface area contributed by atoms with Crippen LogP contribution in [0.15, 0.2) is 36.4 Å². The first-order valence-electron chi connectivity index (χ1n) is 9.98. The summed E-state index contributed by atoms with van der Waals surface area (Å²) in [6.07, 6.45) is 1.79. The molecule has 1 N–H and O–H groups in total. The largest absolute Gasteiger partial charge is 0.493 e. The second-order valence-electron chi connectivity index (χ2n) is 7.02. The number of aromatic amines is 1. The zero-order chi connectivity index (χ0) is 21.8. The number of nitrogens with zero attached hydrogens (tertiary/aromatic N) is 2. The first kappa shape index (κ1) is 20.7. The topological polar surface area (TPSA) is 85.9 Å². The van der Waals surface area contributed by atoms with E-state index in [4.69, 9.17) is 18.9 Å². The fraction of sp³-hybridized carbons (Fsp3) is 0.304. The lowest BCUT2D eigenvalue weighted by Gasteiger charge is -2.27. The summed E-state index contributed by atoms with van der Waals surface area (Å²) in [5.41, 5.74) is 2.84. The monoisotopic (exact) mass is 423 g/mol. The molecule has 2 aromatic carbocycles. The quantitative estimate of drug-likeness (QED) is 0.614. The van der Waals surface area contributed by atoms with Crippen LogP contribution in [0.2, 0.25) is 0 Å². The van der Waals surface area contributed by atoms with E-state index in [1.54, 1.807) is 44.4 Å². The van der Waals surface area contributed by atoms with Crippen molar-refractivity contribution in [1.82, 2.24) is 14.9 Å². The molecule has 31 heavy (non-hydrogen) atoms. The molecule has 1 aliphatic rings. The maximum atomic E-state index is 13.5. The third kappa shape index (κ3) is 4.20. The van der Waals surface area contributed by atoms with Gasteiger partial charge in [0.1, 0.15) is 5.82 Å². The molecule has 0 aliphatic carbocycles. The summed E-state index contributed by atoms with van der Waals surface area (Å²) in [6.45, 7) is 2.10. The minimum absolute atomic E-state index is 0.115. The highest BCUT2D eigenvalue weighted by atomic mass is 16.5. The molecule has 4 rings (SSSR count). The van der Waals surface area contributed by atoms with Crippen molar-refractivity contribution in [1.29, 1.82) is 0 Å². The highest BCUT2D eigenvalue weighted by Crippen LogP contribution is 2.39. The zero-order valence-electron chi connectivity index (χ0n) is 17.8. The molecule has 162 valence electrons. The van der Waals surface area contributed by atoms with Crippen LogP contribution in [0.1, 0.15) is 11.4 Å². The number of morpholine rings is 1. The molecule has 0 bridgehead atoms. The van der Waals surface area contributed by atoms with Crippen molar-refractivity contribution in [3.05, 3.63) is 47.8 Å². The Labute approximate surface area is 180 Å². The number of hydrogen-bond acceptors (Lipinski definition) is 6. The first-order valence-corrected chi connectivity index (χ1v) is 9.98. The molecule has 1 saturated heterocycles. The van der Waals surface area contributed by atoms with Gasteiger partial charge in [0.25, 0.3) is 5.91 Å². The molecule has 8 nitrogen and oxygen atoms in total. The van der Waals surface area contributed by atoms with Gasteiger partial charge in [0.15, 0.2) is 11.5 Å². The fourth-order valence-corrected chi connectivity index (χ4v) is 3.60. The highest BCUT2D eigenvalue weighted by molar-refractivity contribution is 6.23. The van der Waals surface area contributed by atoms with E-state index < -0.39 is 0 Å². The lowest BCUT2D eigenvalue weighted by Crippen LogP contribution is -2.41. The van der Waals surface area contributed by atoms with Crippen LogP contribution < -0.4 is 14.2 Å². The Morgan fingerprint density at radius 1 is 1.06 bits per heavy atom. The van der Waals surface area contributed by atoms with E-state index in [1.165, 1.54) is 0 Å². The zero-order valence-corrected chi connectivity index (χ0v) is 17.8. The minimum atomic E-state index is -0.115. The van der Waals surface area contributed by atoms with E-state index in [0.717, 1.165) is 16.6 Å². The van der Waals surface area contributed by atoms with Crippen molar-refractivity contribution in [3.63, 3.8) is 0 Å². The first-order chi connectivity index (χ1) is 15.1. The van der Waals surface area contributed by atoms with Gasteiger partial charge in [-0.3, -0.25) is 4.79 Å². The normalized spacial score (nSPS) is 14.5. The predicted octanol–water partition coefficient (Wildman–Crippen LogP) is 2.99. The summed E-state index contributed by atoms with van der Waals surface area (Å²) in [5, 5.41) is 0. The van der Waals surface area contributed by atoms with Gasteiger partial charge in [0.2, 0.25) is 5.75 Å². The van der Waals surface area contributed by atoms with E-state index in [9.17, 15) is 4.79 Å². The average molecular weight is 423 g/mol. The number of H-pyrrole nitrogens is 1. The molecule has 0 saturated carbocycles. The van der Waals surface area contributed by atoms with Crippen molar-refractivity contribution >= 4 is 28.6 Å². The van der Waals surface area contributed by atoms with Gasteiger partial charge in [0, 0.05) is 13.1 Å². The van der Waals surface area contributed by atoms with Crippen LogP contribution in [0.5, 0.6) is 17.2 Å². The molecule has 0 unspecified atom stereocenters. The van der Waals surface area contributed by atoms with E-state index in [0.29, 0.717) is 54.9 Å². The van der Waals surface area contributed by atoms with Gasteiger partial charge >= 0.3 is 0 Å². The molecular formula is C23H25N3O5. The lowest BCUT2D eigenvalue weighted by atomic mass is 10.1. The van der Waals surface area contributed by atoms with E-state index in [2.05, 4.69) is 9.97 Å². The number of rotatable bonds is 6. The Morgan fingerprint density at radius 3 is 2.35 bits per heavy atom. The Morgan fingerprint density at radius 2 is 1.74 bits per heavy atom. The molecule has 1 aliphatic heterocycles. The van der Waals surface area contributed by atoms with Crippen molar-refractivity contribution in [2.24, 2.45) is 0 Å². The summed E-state index contributed by atoms with van der Waals surface area (Å²) in [7, 11) is 4.67. The molecule has 0 atom stereocenters. The fourth-order valence-electron chi connectivity index (χ4n) is 3.60. The third-order valence-corrected chi connectivity index (χ3v) is 5.17. The minimum Gasteiger partial charge on any atom is -0.493 e. The Hall–Kier alpha value is -3.52. The van der Waals surface area contributed by atoms with Crippen LogP contribution in [-0.4, -0.2) is 68.4 Å². The van der Waals surface area contributed by atoms with Gasteiger partial charge in [-0.05, 0) is 35.9 Å². The summed E-state index contributed by atoms with van der Waals surface area (Å²) in [6, 6.07) is 11.3. The number of amides is 1. The van der Waals surface area contributed by atoms with Crippen LogP contribution >= 0.6 is 0 Å². The Kier molecular flexibility index (Phi) is 6.08. The number of carbonyl (C=O) groups is 1. The molecule has 3 aromatic rings. The van der Waals surface area contributed by atoms with Gasteiger partial charge in [-0.25, -0.2) is 4.98 Å². The molecule has 1 aromatic heterocycles. The maximum absolute atomic E-state index is 13.5. The van der Waals surface area contributed by atoms with E-state index >= 15 is 0 Å². The Balaban J connectivity index is 1.83. The van der Waals surface area contributed by atoms with Gasteiger partial charge in [-0.2, -0.15) is 0 Å². The average Bonchev–Trinajstić information content (AvgIpc) is 3.25. The molecule has 0 radical (unpaired) electrons. The third-order valence-electron chi connectivity index (χ3n) is 5.17. The second-order valence-corrected chi connectivity index (χ2v) is 7.02. The summed E-state index contributed by atoms with van der Waals surface area (Å²) >= 11 is 0. The molecule has 8 heteroatoms. The second kappa shape index (κ2) is 9.09. The van der Waals surface area contributed by atoms with Gasteiger partial charge < -0.3 is 28.8 Å². The molecule has 1 fully saturated rings. The van der Waals surface area contributed by atoms with Crippen molar-refractivity contribution in [2.75, 3.05) is 47.6 Å². The van der Waals surface area contributed by atoms with Gasteiger partial charge in [-0.15, -0.1) is 0 Å². The summed E-state index contributed by atoms with van der Waals surface area (Å²) in [4.78, 5) is 23.2. The number of fused-ring (bicyclic) bond motifs is 1. The van der Waals surface area contributed by atoms with E-state index in [-0.39, 0.29) is 5.91 Å². The number of hydrogen-bond donors (Lipinski definition) is 1. The van der Waals surface area contributed by atoms with E-state index in [1.807, 2.05) is 24.3 Å². The van der Waals surface area contributed by atoms with Crippen LogP contribution in [0, 0.1) is 0 Å². The van der Waals surface area contributed by atoms with Crippen molar-refractivity contribution in [3.8, 4) is 17.2 Å². The van der Waals surface area contributed by atoms with Crippen molar-refractivity contribution in [2.45, 2.75) is 0 Å². The summed E-state index contributed by atoms with van der Waals surface area (Å²) < 4.78 is 21.7. The molecule has 2 heterocycles. The van der Waals surface area contributed by atoms with Crippen LogP contribution in [0.3, 0.4) is 0 Å². The van der Waals surface area contributed by atoms with Crippen LogP contribution in [-0.2, 0) is 9.53 Å². The number of benzene rings is 2. The SMILES string of the molecule is COc1cc(/C=C(/C(=O)N2CCOCC2)c2nc3ccccc3[nH]2)cc(OC)c1OC. The highest BCUT2D eigenvalue weighted by Gasteiger charge is 2.24. The standard InChI is InChI=1S/C23H25N3O5/c1-28-19-13-15(14-20(29-2)21(19)30-3)12-16(23(27)26-8-10-31-11-9-26)22-24-17-6-4-5-7-18(17)25-22/h4-7,12-14H,8-11H2,1-3H3,(H,24,25)/b16-12+. The number of nitrogens with one attached hydrogen (secondary N) is 1. The number of para-hydroxylation sites is 2. The Bertz CT molecular complexity index is 1060. The maximum Gasteiger partial charge on any atom is 0.257 e. The predicted molar refractivity (Wildman–Crippen MR) is 117 cm³/mol. The molecular weight excluding hydrogens is 398 g/mol. The number of aromatic nitrogens is 2. The number of imidazole rings is 1.